The fourth-order valence-corrected chi connectivity index (χ4v) is 3.86. The first-order valence-corrected chi connectivity index (χ1v) is 9.66. The van der Waals surface area contributed by atoms with Crippen LogP contribution in [0.1, 0.15) is 18.4 Å². The fourth-order valence-electron chi connectivity index (χ4n) is 3.29. The van der Waals surface area contributed by atoms with Gasteiger partial charge in [-0.3, -0.25) is 4.79 Å². The van der Waals surface area contributed by atoms with Crippen LogP contribution in [0, 0.1) is 0 Å². The second-order valence-electron chi connectivity index (χ2n) is 6.57. The van der Waals surface area contributed by atoms with Crippen molar-refractivity contribution in [3.05, 3.63) is 33.8 Å². The Morgan fingerprint density at radius 1 is 1.08 bits per heavy atom. The van der Waals surface area contributed by atoms with Crippen molar-refractivity contribution in [2.24, 2.45) is 0 Å². The molecule has 2 saturated heterocycles. The molecule has 0 aliphatic carbocycles. The Morgan fingerprint density at radius 3 is 2.35 bits per heavy atom. The predicted octanol–water partition coefficient (Wildman–Crippen LogP) is 2.57. The molecule has 0 spiro atoms. The first kappa shape index (κ1) is 19.3. The van der Waals surface area contributed by atoms with Crippen LogP contribution in [0.3, 0.4) is 0 Å². The molecule has 1 N–H and O–H groups in total. The number of halogens is 2. The van der Waals surface area contributed by atoms with Crippen molar-refractivity contribution >= 4 is 35.1 Å². The third kappa shape index (κ3) is 5.02. The SMILES string of the molecule is O=C(NCCc1cc(Cl)cc(Cl)c1)N1CCN(C(=O)C2CCCO2)CC1. The van der Waals surface area contributed by atoms with Crippen LogP contribution in [0.25, 0.3) is 0 Å². The molecular formula is C18H23Cl2N3O3. The summed E-state index contributed by atoms with van der Waals surface area (Å²) in [7, 11) is 0. The third-order valence-corrected chi connectivity index (χ3v) is 5.13. The Labute approximate surface area is 163 Å². The lowest BCUT2D eigenvalue weighted by Crippen LogP contribution is -2.55. The Hall–Kier alpha value is -1.50. The van der Waals surface area contributed by atoms with E-state index in [-0.39, 0.29) is 18.0 Å². The van der Waals surface area contributed by atoms with Crippen molar-refractivity contribution in [3.8, 4) is 0 Å². The number of hydrogen-bond acceptors (Lipinski definition) is 3. The van der Waals surface area contributed by atoms with Gasteiger partial charge in [-0.25, -0.2) is 4.79 Å². The maximum Gasteiger partial charge on any atom is 0.317 e. The van der Waals surface area contributed by atoms with E-state index < -0.39 is 0 Å². The van der Waals surface area contributed by atoms with Gasteiger partial charge in [0, 0.05) is 49.4 Å². The smallest absolute Gasteiger partial charge is 0.317 e. The maximum absolute atomic E-state index is 12.3. The molecule has 2 fully saturated rings. The summed E-state index contributed by atoms with van der Waals surface area (Å²) in [5.41, 5.74) is 0.981. The average Bonchev–Trinajstić information content (AvgIpc) is 3.15. The van der Waals surface area contributed by atoms with E-state index in [0.29, 0.717) is 55.8 Å². The van der Waals surface area contributed by atoms with Gasteiger partial charge in [-0.05, 0) is 43.0 Å². The molecule has 6 nitrogen and oxygen atoms in total. The quantitative estimate of drug-likeness (QED) is 0.845. The third-order valence-electron chi connectivity index (χ3n) is 4.70. The summed E-state index contributed by atoms with van der Waals surface area (Å²) in [5, 5.41) is 4.09. The molecule has 2 heterocycles. The van der Waals surface area contributed by atoms with Crippen LogP contribution in [0.5, 0.6) is 0 Å². The summed E-state index contributed by atoms with van der Waals surface area (Å²) in [5.74, 6) is 0.0559. The highest BCUT2D eigenvalue weighted by molar-refractivity contribution is 6.34. The van der Waals surface area contributed by atoms with Crippen LogP contribution in [-0.4, -0.2) is 67.2 Å². The van der Waals surface area contributed by atoms with Crippen molar-refractivity contribution in [2.75, 3.05) is 39.3 Å². The van der Waals surface area contributed by atoms with Gasteiger partial charge >= 0.3 is 6.03 Å². The Balaban J connectivity index is 1.40. The largest absolute Gasteiger partial charge is 0.368 e. The number of piperazine rings is 1. The summed E-state index contributed by atoms with van der Waals surface area (Å²) in [6.45, 7) is 3.34. The van der Waals surface area contributed by atoms with E-state index in [1.54, 1.807) is 15.9 Å². The van der Waals surface area contributed by atoms with Gasteiger partial charge in [-0.15, -0.1) is 0 Å². The molecule has 3 amide bonds. The zero-order valence-corrected chi connectivity index (χ0v) is 16.1. The first-order valence-electron chi connectivity index (χ1n) is 8.91. The van der Waals surface area contributed by atoms with Crippen LogP contribution in [0.2, 0.25) is 10.0 Å². The molecule has 2 aliphatic heterocycles. The minimum atomic E-state index is -0.292. The summed E-state index contributed by atoms with van der Waals surface area (Å²) in [6.07, 6.45) is 2.10. The molecule has 1 atom stereocenters. The summed E-state index contributed by atoms with van der Waals surface area (Å²) < 4.78 is 5.45. The molecule has 26 heavy (non-hydrogen) atoms. The molecule has 0 radical (unpaired) electrons. The topological polar surface area (TPSA) is 61.9 Å². The van der Waals surface area contributed by atoms with E-state index >= 15 is 0 Å². The van der Waals surface area contributed by atoms with E-state index in [0.717, 1.165) is 18.4 Å². The molecule has 8 heteroatoms. The van der Waals surface area contributed by atoms with Crippen molar-refractivity contribution < 1.29 is 14.3 Å². The second-order valence-corrected chi connectivity index (χ2v) is 7.45. The highest BCUT2D eigenvalue weighted by Crippen LogP contribution is 2.19. The van der Waals surface area contributed by atoms with Gasteiger partial charge in [-0.2, -0.15) is 0 Å². The molecule has 2 aliphatic rings. The van der Waals surface area contributed by atoms with Gasteiger partial charge in [0.1, 0.15) is 6.10 Å². The molecule has 0 aromatic heterocycles. The highest BCUT2D eigenvalue weighted by atomic mass is 35.5. The van der Waals surface area contributed by atoms with Gasteiger partial charge < -0.3 is 19.9 Å². The van der Waals surface area contributed by atoms with Crippen molar-refractivity contribution in [1.29, 1.82) is 0 Å². The van der Waals surface area contributed by atoms with Gasteiger partial charge in [-0.1, -0.05) is 23.2 Å². The maximum atomic E-state index is 12.3. The van der Waals surface area contributed by atoms with Crippen molar-refractivity contribution in [1.82, 2.24) is 15.1 Å². The standard InChI is InChI=1S/C18H23Cl2N3O3/c19-14-10-13(11-15(20)12-14)3-4-21-18(25)23-7-5-22(6-8-23)17(24)16-2-1-9-26-16/h10-12,16H,1-9H2,(H,21,25). The van der Waals surface area contributed by atoms with E-state index in [1.807, 2.05) is 12.1 Å². The molecule has 1 unspecified atom stereocenters. The fraction of sp³-hybridized carbons (Fsp3) is 0.556. The number of nitrogens with zero attached hydrogens (tertiary/aromatic N) is 2. The number of hydrogen-bond donors (Lipinski definition) is 1. The Bertz CT molecular complexity index is 637. The lowest BCUT2D eigenvalue weighted by Gasteiger charge is -2.35. The Kier molecular flexibility index (Phi) is 6.62. The normalized spacial score (nSPS) is 20.3. The number of urea groups is 1. The summed E-state index contributed by atoms with van der Waals surface area (Å²) >= 11 is 12.0. The van der Waals surface area contributed by atoms with Crippen LogP contribution in [0.4, 0.5) is 4.79 Å². The Morgan fingerprint density at radius 2 is 1.73 bits per heavy atom. The number of nitrogens with one attached hydrogen (secondary N) is 1. The van der Waals surface area contributed by atoms with Crippen LogP contribution < -0.4 is 5.32 Å². The van der Waals surface area contributed by atoms with Crippen LogP contribution >= 0.6 is 23.2 Å². The zero-order chi connectivity index (χ0) is 18.5. The van der Waals surface area contributed by atoms with Crippen molar-refractivity contribution in [3.63, 3.8) is 0 Å². The minimum Gasteiger partial charge on any atom is -0.368 e. The highest BCUT2D eigenvalue weighted by Gasteiger charge is 2.31. The molecule has 1 aromatic rings. The van der Waals surface area contributed by atoms with Gasteiger partial charge in [0.15, 0.2) is 0 Å². The molecule has 142 valence electrons. The number of benzene rings is 1. The zero-order valence-electron chi connectivity index (χ0n) is 14.5. The van der Waals surface area contributed by atoms with Gasteiger partial charge in [0.05, 0.1) is 0 Å². The monoisotopic (exact) mass is 399 g/mol. The first-order chi connectivity index (χ1) is 12.5. The second kappa shape index (κ2) is 8.93. The minimum absolute atomic E-state index is 0.0559. The average molecular weight is 400 g/mol. The van der Waals surface area contributed by atoms with Crippen LogP contribution in [0.15, 0.2) is 18.2 Å². The number of ether oxygens (including phenoxy) is 1. The number of amides is 3. The van der Waals surface area contributed by atoms with E-state index in [1.165, 1.54) is 0 Å². The lowest BCUT2D eigenvalue weighted by atomic mass is 10.1. The summed E-state index contributed by atoms with van der Waals surface area (Å²) in [4.78, 5) is 28.2. The van der Waals surface area contributed by atoms with E-state index in [4.69, 9.17) is 27.9 Å². The molecule has 0 bridgehead atoms. The molecule has 3 rings (SSSR count). The number of rotatable bonds is 4. The van der Waals surface area contributed by atoms with E-state index in [9.17, 15) is 9.59 Å². The van der Waals surface area contributed by atoms with Gasteiger partial charge in [0.25, 0.3) is 5.91 Å². The molecular weight excluding hydrogens is 377 g/mol. The van der Waals surface area contributed by atoms with E-state index in [2.05, 4.69) is 5.32 Å². The van der Waals surface area contributed by atoms with Gasteiger partial charge in [0.2, 0.25) is 0 Å². The predicted molar refractivity (Wildman–Crippen MR) is 101 cm³/mol. The molecule has 1 aromatic carbocycles. The van der Waals surface area contributed by atoms with Crippen molar-refractivity contribution in [2.45, 2.75) is 25.4 Å². The number of carbonyl (C=O) groups is 2. The summed E-state index contributed by atoms with van der Waals surface area (Å²) in [6, 6.07) is 5.26. The molecule has 0 saturated carbocycles. The number of carbonyl (C=O) groups excluding carboxylic acids is 2. The van der Waals surface area contributed by atoms with Crippen LogP contribution in [-0.2, 0) is 16.0 Å². The lowest BCUT2D eigenvalue weighted by molar-refractivity contribution is -0.142.